The molecule has 2 N–H and O–H groups in total. The van der Waals surface area contributed by atoms with Crippen molar-refractivity contribution in [3.05, 3.63) is 33.9 Å². The van der Waals surface area contributed by atoms with Crippen molar-refractivity contribution >= 4 is 23.4 Å². The first kappa shape index (κ1) is 14.8. The molecule has 2 rings (SSSR count). The van der Waals surface area contributed by atoms with E-state index in [0.29, 0.717) is 23.5 Å². The minimum Gasteiger partial charge on any atom is -0.337 e. The molecule has 1 aliphatic heterocycles. The van der Waals surface area contributed by atoms with Crippen LogP contribution in [0.15, 0.2) is 23.1 Å². The number of hydrogen-bond donors (Lipinski definition) is 1. The topological polar surface area (TPSA) is 89.5 Å². The van der Waals surface area contributed by atoms with Gasteiger partial charge in [-0.1, -0.05) is 0 Å². The minimum atomic E-state index is -0.454. The summed E-state index contributed by atoms with van der Waals surface area (Å²) in [5, 5.41) is 11.0. The quantitative estimate of drug-likeness (QED) is 0.522. The summed E-state index contributed by atoms with van der Waals surface area (Å²) in [6, 6.07) is 4.61. The van der Waals surface area contributed by atoms with Gasteiger partial charge in [0.05, 0.1) is 9.82 Å². The fourth-order valence-electron chi connectivity index (χ4n) is 2.34. The molecule has 1 atom stereocenters. The van der Waals surface area contributed by atoms with Gasteiger partial charge in [-0.2, -0.15) is 0 Å². The Labute approximate surface area is 121 Å². The number of thioether (sulfide) groups is 1. The van der Waals surface area contributed by atoms with Crippen LogP contribution in [0.3, 0.4) is 0 Å². The number of carbonyl (C=O) groups excluding carboxylic acids is 1. The number of piperidine rings is 1. The smallest absolute Gasteiger partial charge is 0.283 e. The van der Waals surface area contributed by atoms with Gasteiger partial charge in [0.15, 0.2) is 0 Å². The van der Waals surface area contributed by atoms with Gasteiger partial charge in [0.25, 0.3) is 11.6 Å². The van der Waals surface area contributed by atoms with Crippen molar-refractivity contribution in [1.29, 1.82) is 0 Å². The van der Waals surface area contributed by atoms with Gasteiger partial charge in [-0.25, -0.2) is 0 Å². The summed E-state index contributed by atoms with van der Waals surface area (Å²) in [7, 11) is 0. The van der Waals surface area contributed by atoms with Gasteiger partial charge >= 0.3 is 0 Å². The molecule has 7 heteroatoms. The molecule has 1 amide bonds. The summed E-state index contributed by atoms with van der Waals surface area (Å²) in [5.74, 6) is -0.184. The van der Waals surface area contributed by atoms with Crippen LogP contribution in [0.2, 0.25) is 0 Å². The number of nitro benzene ring substituents is 1. The molecule has 1 unspecified atom stereocenters. The number of rotatable bonds is 3. The van der Waals surface area contributed by atoms with Crippen LogP contribution in [0.25, 0.3) is 0 Å². The highest BCUT2D eigenvalue weighted by Crippen LogP contribution is 2.29. The van der Waals surface area contributed by atoms with Crippen molar-refractivity contribution in [3.8, 4) is 0 Å². The molecule has 1 aliphatic rings. The van der Waals surface area contributed by atoms with E-state index in [1.54, 1.807) is 23.3 Å². The monoisotopic (exact) mass is 295 g/mol. The summed E-state index contributed by atoms with van der Waals surface area (Å²) < 4.78 is 0. The summed E-state index contributed by atoms with van der Waals surface area (Å²) in [6.07, 6.45) is 3.56. The van der Waals surface area contributed by atoms with E-state index < -0.39 is 4.92 Å². The van der Waals surface area contributed by atoms with E-state index in [9.17, 15) is 14.9 Å². The van der Waals surface area contributed by atoms with Crippen LogP contribution in [-0.2, 0) is 0 Å². The molecule has 1 fully saturated rings. The molecule has 0 saturated carbocycles. The lowest BCUT2D eigenvalue weighted by molar-refractivity contribution is -0.387. The van der Waals surface area contributed by atoms with Crippen molar-refractivity contribution in [2.24, 2.45) is 5.73 Å². The molecule has 0 aliphatic carbocycles. The van der Waals surface area contributed by atoms with Gasteiger partial charge in [0.2, 0.25) is 0 Å². The first-order valence-corrected chi connectivity index (χ1v) is 7.62. The number of nitrogens with zero attached hydrogens (tertiary/aromatic N) is 2. The second-order valence-corrected chi connectivity index (χ2v) is 5.65. The SMILES string of the molecule is CSc1ccc(C(=O)N2CCCC(N)C2)cc1[N+](=O)[O-]. The first-order valence-electron chi connectivity index (χ1n) is 6.40. The number of hydrogen-bond acceptors (Lipinski definition) is 5. The fraction of sp³-hybridized carbons (Fsp3) is 0.462. The third kappa shape index (κ3) is 3.10. The van der Waals surface area contributed by atoms with Crippen molar-refractivity contribution in [3.63, 3.8) is 0 Å². The molecule has 0 radical (unpaired) electrons. The Balaban J connectivity index is 2.26. The lowest BCUT2D eigenvalue weighted by Crippen LogP contribution is -2.45. The molecular formula is C13H17N3O3S. The number of carbonyl (C=O) groups is 1. The molecular weight excluding hydrogens is 278 g/mol. The van der Waals surface area contributed by atoms with Crippen molar-refractivity contribution < 1.29 is 9.72 Å². The number of nitro groups is 1. The molecule has 1 aromatic rings. The molecule has 1 aromatic carbocycles. The molecule has 0 aromatic heterocycles. The van der Waals surface area contributed by atoms with Crippen molar-refractivity contribution in [1.82, 2.24) is 4.90 Å². The Kier molecular flexibility index (Phi) is 4.61. The predicted octanol–water partition coefficient (Wildman–Crippen LogP) is 1.88. The number of likely N-dealkylation sites (tertiary alicyclic amines) is 1. The summed E-state index contributed by atoms with van der Waals surface area (Å²) in [4.78, 5) is 25.2. The van der Waals surface area contributed by atoms with Gasteiger partial charge in [-0.15, -0.1) is 11.8 Å². The Bertz CT molecular complexity index is 536. The van der Waals surface area contributed by atoms with E-state index in [1.165, 1.54) is 17.8 Å². The summed E-state index contributed by atoms with van der Waals surface area (Å²) in [6.45, 7) is 1.17. The van der Waals surface area contributed by atoms with Crippen LogP contribution in [0.1, 0.15) is 23.2 Å². The molecule has 6 nitrogen and oxygen atoms in total. The zero-order chi connectivity index (χ0) is 14.7. The van der Waals surface area contributed by atoms with Crippen LogP contribution in [-0.4, -0.2) is 41.1 Å². The maximum atomic E-state index is 12.4. The van der Waals surface area contributed by atoms with Crippen LogP contribution in [0.5, 0.6) is 0 Å². The molecule has 0 spiro atoms. The minimum absolute atomic E-state index is 0.00634. The maximum absolute atomic E-state index is 12.4. The fourth-order valence-corrected chi connectivity index (χ4v) is 2.89. The normalized spacial score (nSPS) is 18.9. The van der Waals surface area contributed by atoms with E-state index in [1.807, 2.05) is 0 Å². The molecule has 108 valence electrons. The van der Waals surface area contributed by atoms with E-state index in [2.05, 4.69) is 0 Å². The Morgan fingerprint density at radius 1 is 1.55 bits per heavy atom. The van der Waals surface area contributed by atoms with E-state index in [0.717, 1.165) is 12.8 Å². The lowest BCUT2D eigenvalue weighted by atomic mass is 10.1. The van der Waals surface area contributed by atoms with E-state index >= 15 is 0 Å². The van der Waals surface area contributed by atoms with Crippen LogP contribution >= 0.6 is 11.8 Å². The van der Waals surface area contributed by atoms with E-state index in [-0.39, 0.29) is 17.6 Å². The lowest BCUT2D eigenvalue weighted by Gasteiger charge is -2.30. The third-order valence-electron chi connectivity index (χ3n) is 3.37. The molecule has 0 bridgehead atoms. The molecule has 20 heavy (non-hydrogen) atoms. The van der Waals surface area contributed by atoms with Gasteiger partial charge < -0.3 is 10.6 Å². The summed E-state index contributed by atoms with van der Waals surface area (Å²) in [5.41, 5.74) is 6.19. The highest BCUT2D eigenvalue weighted by atomic mass is 32.2. The zero-order valence-electron chi connectivity index (χ0n) is 11.2. The average molecular weight is 295 g/mol. The molecule has 1 heterocycles. The van der Waals surface area contributed by atoms with Gasteiger partial charge in [-0.05, 0) is 31.2 Å². The average Bonchev–Trinajstić information content (AvgIpc) is 2.45. The third-order valence-corrected chi connectivity index (χ3v) is 4.15. The first-order chi connectivity index (χ1) is 9.52. The Morgan fingerprint density at radius 3 is 2.90 bits per heavy atom. The van der Waals surface area contributed by atoms with Crippen LogP contribution < -0.4 is 5.73 Å². The summed E-state index contributed by atoms with van der Waals surface area (Å²) >= 11 is 1.29. The van der Waals surface area contributed by atoms with Crippen molar-refractivity contribution in [2.45, 2.75) is 23.8 Å². The highest BCUT2D eigenvalue weighted by molar-refractivity contribution is 7.98. The Hall–Kier alpha value is -1.60. The van der Waals surface area contributed by atoms with Crippen molar-refractivity contribution in [2.75, 3.05) is 19.3 Å². The predicted molar refractivity (Wildman–Crippen MR) is 78.0 cm³/mol. The Morgan fingerprint density at radius 2 is 2.30 bits per heavy atom. The number of nitrogens with two attached hydrogens (primary N) is 1. The van der Waals surface area contributed by atoms with Crippen LogP contribution in [0, 0.1) is 10.1 Å². The zero-order valence-corrected chi connectivity index (χ0v) is 12.1. The number of amides is 1. The van der Waals surface area contributed by atoms with Gasteiger partial charge in [0.1, 0.15) is 0 Å². The number of benzene rings is 1. The van der Waals surface area contributed by atoms with Gasteiger partial charge in [0, 0.05) is 30.8 Å². The highest BCUT2D eigenvalue weighted by Gasteiger charge is 2.24. The van der Waals surface area contributed by atoms with E-state index in [4.69, 9.17) is 5.73 Å². The maximum Gasteiger partial charge on any atom is 0.283 e. The second kappa shape index (κ2) is 6.23. The second-order valence-electron chi connectivity index (χ2n) is 4.80. The van der Waals surface area contributed by atoms with Gasteiger partial charge in [-0.3, -0.25) is 14.9 Å². The standard InChI is InChI=1S/C13H17N3O3S/c1-20-12-5-4-9(7-11(12)16(18)19)13(17)15-6-2-3-10(14)8-15/h4-5,7,10H,2-3,6,8,14H2,1H3. The largest absolute Gasteiger partial charge is 0.337 e. The molecule has 1 saturated heterocycles. The van der Waals surface area contributed by atoms with Crippen LogP contribution in [0.4, 0.5) is 5.69 Å².